The van der Waals surface area contributed by atoms with Gasteiger partial charge in [-0.25, -0.2) is 0 Å². The topological polar surface area (TPSA) is 26.0 Å². The highest BCUT2D eigenvalue weighted by Crippen LogP contribution is 2.31. The Kier molecular flexibility index (Phi) is 3.79. The number of aryl methyl sites for hydroxylation is 1. The molecule has 0 fully saturated rings. The average molecular weight is 302 g/mol. The van der Waals surface area contributed by atoms with Crippen molar-refractivity contribution in [2.75, 3.05) is 0 Å². The lowest BCUT2D eigenvalue weighted by atomic mass is 9.98. The number of nitrogens with two attached hydrogens (primary N) is 1. The molecule has 20 heavy (non-hydrogen) atoms. The minimum Gasteiger partial charge on any atom is -0.324 e. The fourth-order valence-electron chi connectivity index (χ4n) is 2.49. The summed E-state index contributed by atoms with van der Waals surface area (Å²) in [5.41, 5.74) is 9.78. The second-order valence-corrected chi connectivity index (χ2v) is 6.34. The van der Waals surface area contributed by atoms with E-state index in [-0.39, 0.29) is 6.04 Å². The molecule has 0 radical (unpaired) electrons. The number of hydrogen-bond donors (Lipinski definition) is 1. The molecule has 1 heterocycles. The van der Waals surface area contributed by atoms with Crippen molar-refractivity contribution in [3.8, 4) is 0 Å². The number of thiophene rings is 1. The third-order valence-corrected chi connectivity index (χ3v) is 5.15. The van der Waals surface area contributed by atoms with Gasteiger partial charge in [-0.2, -0.15) is 0 Å². The quantitative estimate of drug-likeness (QED) is 0.715. The Morgan fingerprint density at radius 1 is 1.15 bits per heavy atom. The third kappa shape index (κ3) is 2.47. The van der Waals surface area contributed by atoms with Crippen molar-refractivity contribution < 1.29 is 0 Å². The Balaban J connectivity index is 1.92. The molecule has 2 aromatic carbocycles. The summed E-state index contributed by atoms with van der Waals surface area (Å²) in [6.45, 7) is 2.01. The first-order chi connectivity index (χ1) is 9.66. The van der Waals surface area contributed by atoms with Crippen molar-refractivity contribution in [2.24, 2.45) is 5.73 Å². The molecular weight excluding hydrogens is 286 g/mol. The van der Waals surface area contributed by atoms with Gasteiger partial charge >= 0.3 is 0 Å². The maximum Gasteiger partial charge on any atom is 0.0483 e. The van der Waals surface area contributed by atoms with Gasteiger partial charge in [0.25, 0.3) is 0 Å². The molecule has 0 bridgehead atoms. The lowest BCUT2D eigenvalue weighted by molar-refractivity contribution is 0.726. The van der Waals surface area contributed by atoms with Crippen molar-refractivity contribution in [2.45, 2.75) is 19.4 Å². The van der Waals surface area contributed by atoms with Gasteiger partial charge in [-0.3, -0.25) is 0 Å². The van der Waals surface area contributed by atoms with Gasteiger partial charge in [-0.15, -0.1) is 11.3 Å². The van der Waals surface area contributed by atoms with Crippen LogP contribution in [0.1, 0.15) is 22.7 Å². The highest BCUT2D eigenvalue weighted by Gasteiger charge is 2.14. The van der Waals surface area contributed by atoms with Crippen molar-refractivity contribution in [3.05, 3.63) is 69.6 Å². The zero-order valence-corrected chi connectivity index (χ0v) is 12.8. The minimum absolute atomic E-state index is 0.0691. The first kappa shape index (κ1) is 13.6. The summed E-state index contributed by atoms with van der Waals surface area (Å²) in [5, 5.41) is 4.30. The van der Waals surface area contributed by atoms with Crippen LogP contribution in [-0.2, 0) is 6.42 Å². The number of fused-ring (bicyclic) bond motifs is 1. The Morgan fingerprint density at radius 2 is 1.95 bits per heavy atom. The van der Waals surface area contributed by atoms with Crippen LogP contribution in [0.3, 0.4) is 0 Å². The number of halogens is 1. The van der Waals surface area contributed by atoms with Crippen molar-refractivity contribution in [1.29, 1.82) is 0 Å². The summed E-state index contributed by atoms with van der Waals surface area (Å²) in [4.78, 5) is 0. The Labute approximate surface area is 128 Å². The predicted octanol–water partition coefficient (Wildman–Crippen LogP) is 5.11. The van der Waals surface area contributed by atoms with Gasteiger partial charge in [0.2, 0.25) is 0 Å². The molecule has 1 nitrogen and oxygen atoms in total. The molecule has 0 aliphatic heterocycles. The van der Waals surface area contributed by atoms with Crippen LogP contribution in [0, 0.1) is 6.92 Å². The van der Waals surface area contributed by atoms with Crippen LogP contribution >= 0.6 is 22.9 Å². The largest absolute Gasteiger partial charge is 0.324 e. The Hall–Kier alpha value is -1.35. The molecule has 0 saturated carbocycles. The van der Waals surface area contributed by atoms with Crippen molar-refractivity contribution >= 4 is 33.0 Å². The summed E-state index contributed by atoms with van der Waals surface area (Å²) in [7, 11) is 0. The molecule has 1 unspecified atom stereocenters. The van der Waals surface area contributed by atoms with Crippen LogP contribution < -0.4 is 5.73 Å². The summed E-state index contributed by atoms with van der Waals surface area (Å²) in [5.74, 6) is 0. The molecule has 0 amide bonds. The van der Waals surface area contributed by atoms with E-state index in [1.165, 1.54) is 15.6 Å². The van der Waals surface area contributed by atoms with Gasteiger partial charge in [0, 0.05) is 15.8 Å². The monoisotopic (exact) mass is 301 g/mol. The van der Waals surface area contributed by atoms with Crippen molar-refractivity contribution in [3.63, 3.8) is 0 Å². The molecule has 0 aliphatic rings. The summed E-state index contributed by atoms with van der Waals surface area (Å²) < 4.78 is 1.31. The molecule has 0 aliphatic carbocycles. The molecule has 1 atom stereocenters. The standard InChI is InChI=1S/C17H16ClNS/c1-11-5-4-7-14(17(11)18)15(19)9-12-10-20-16-8-3-2-6-13(12)16/h2-8,10,15H,9,19H2,1H3. The SMILES string of the molecule is Cc1cccc(C(N)Cc2csc3ccccc23)c1Cl. The highest BCUT2D eigenvalue weighted by molar-refractivity contribution is 7.17. The Morgan fingerprint density at radius 3 is 2.80 bits per heavy atom. The maximum absolute atomic E-state index is 6.37. The van der Waals surface area contributed by atoms with Gasteiger partial charge in [-0.05, 0) is 46.9 Å². The van der Waals surface area contributed by atoms with Gasteiger partial charge in [0.15, 0.2) is 0 Å². The van der Waals surface area contributed by atoms with E-state index in [4.69, 9.17) is 17.3 Å². The Bertz CT molecular complexity index is 748. The summed E-state index contributed by atoms with van der Waals surface area (Å²) >= 11 is 8.14. The number of rotatable bonds is 3. The molecule has 3 heteroatoms. The lowest BCUT2D eigenvalue weighted by Crippen LogP contribution is -2.14. The molecular formula is C17H16ClNS. The number of hydrogen-bond acceptors (Lipinski definition) is 2. The number of benzene rings is 2. The second-order valence-electron chi connectivity index (χ2n) is 5.05. The van der Waals surface area contributed by atoms with E-state index in [0.29, 0.717) is 0 Å². The van der Waals surface area contributed by atoms with E-state index in [9.17, 15) is 0 Å². The van der Waals surface area contributed by atoms with E-state index >= 15 is 0 Å². The lowest BCUT2D eigenvalue weighted by Gasteiger charge is -2.14. The first-order valence-corrected chi connectivity index (χ1v) is 7.88. The fraction of sp³-hybridized carbons (Fsp3) is 0.176. The van der Waals surface area contributed by atoms with Crippen LogP contribution in [0.2, 0.25) is 5.02 Å². The summed E-state index contributed by atoms with van der Waals surface area (Å²) in [6.07, 6.45) is 0.813. The smallest absolute Gasteiger partial charge is 0.0483 e. The van der Waals surface area contributed by atoms with Crippen LogP contribution in [0.15, 0.2) is 47.8 Å². The van der Waals surface area contributed by atoms with E-state index in [0.717, 1.165) is 22.6 Å². The normalized spacial score (nSPS) is 12.8. The minimum atomic E-state index is -0.0691. The second kappa shape index (κ2) is 5.57. The van der Waals surface area contributed by atoms with E-state index in [1.54, 1.807) is 11.3 Å². The molecule has 3 aromatic rings. The van der Waals surface area contributed by atoms with Crippen LogP contribution in [0.5, 0.6) is 0 Å². The average Bonchev–Trinajstić information content (AvgIpc) is 2.85. The molecule has 1 aromatic heterocycles. The maximum atomic E-state index is 6.37. The zero-order valence-electron chi connectivity index (χ0n) is 11.3. The van der Waals surface area contributed by atoms with E-state index in [2.05, 4.69) is 29.6 Å². The van der Waals surface area contributed by atoms with Gasteiger partial charge < -0.3 is 5.73 Å². The molecule has 0 saturated heterocycles. The molecule has 2 N–H and O–H groups in total. The van der Waals surface area contributed by atoms with Crippen LogP contribution in [0.25, 0.3) is 10.1 Å². The van der Waals surface area contributed by atoms with E-state index in [1.807, 2.05) is 25.1 Å². The third-order valence-electron chi connectivity index (χ3n) is 3.62. The van der Waals surface area contributed by atoms with Gasteiger partial charge in [0.1, 0.15) is 0 Å². The molecule has 3 rings (SSSR count). The molecule has 102 valence electrons. The van der Waals surface area contributed by atoms with E-state index < -0.39 is 0 Å². The summed E-state index contributed by atoms with van der Waals surface area (Å²) in [6, 6.07) is 14.4. The van der Waals surface area contributed by atoms with Gasteiger partial charge in [-0.1, -0.05) is 48.0 Å². The molecule has 0 spiro atoms. The predicted molar refractivity (Wildman–Crippen MR) is 88.6 cm³/mol. The zero-order chi connectivity index (χ0) is 14.1. The van der Waals surface area contributed by atoms with Crippen LogP contribution in [0.4, 0.5) is 0 Å². The van der Waals surface area contributed by atoms with Crippen molar-refractivity contribution in [1.82, 2.24) is 0 Å². The highest BCUT2D eigenvalue weighted by atomic mass is 35.5. The van der Waals surface area contributed by atoms with Gasteiger partial charge in [0.05, 0.1) is 0 Å². The van der Waals surface area contributed by atoms with Crippen LogP contribution in [-0.4, -0.2) is 0 Å². The first-order valence-electron chi connectivity index (χ1n) is 6.62. The fourth-order valence-corrected chi connectivity index (χ4v) is 3.74.